The number of rotatable bonds is 4. The predicted molar refractivity (Wildman–Crippen MR) is 72.6 cm³/mol. The number of hydrogen-bond acceptors (Lipinski definition) is 3. The lowest BCUT2D eigenvalue weighted by atomic mass is 10.1. The van der Waals surface area contributed by atoms with E-state index in [9.17, 15) is 5.11 Å². The summed E-state index contributed by atoms with van der Waals surface area (Å²) in [5, 5.41) is 13.1. The summed E-state index contributed by atoms with van der Waals surface area (Å²) in [5.41, 5.74) is 2.18. The molecule has 2 N–H and O–H groups in total. The first-order chi connectivity index (χ1) is 8.66. The van der Waals surface area contributed by atoms with Crippen molar-refractivity contribution in [1.29, 1.82) is 0 Å². The Kier molecular flexibility index (Phi) is 4.18. The van der Waals surface area contributed by atoms with Gasteiger partial charge in [0, 0.05) is 25.0 Å². The Morgan fingerprint density at radius 1 is 1.39 bits per heavy atom. The summed E-state index contributed by atoms with van der Waals surface area (Å²) in [6.45, 7) is 2.77. The largest absolute Gasteiger partial charge is 0.506 e. The molecule has 4 heteroatoms. The third-order valence-corrected chi connectivity index (χ3v) is 3.11. The van der Waals surface area contributed by atoms with E-state index in [1.165, 1.54) is 0 Å². The van der Waals surface area contributed by atoms with E-state index in [1.54, 1.807) is 18.3 Å². The number of halogens is 1. The van der Waals surface area contributed by atoms with Gasteiger partial charge in [-0.05, 0) is 36.2 Å². The minimum absolute atomic E-state index is 0.112. The maximum Gasteiger partial charge on any atom is 0.134 e. The van der Waals surface area contributed by atoms with Gasteiger partial charge in [-0.2, -0.15) is 0 Å². The van der Waals surface area contributed by atoms with Crippen molar-refractivity contribution in [3.63, 3.8) is 0 Å². The van der Waals surface area contributed by atoms with E-state index in [4.69, 9.17) is 11.6 Å². The molecule has 2 rings (SSSR count). The first-order valence-electron chi connectivity index (χ1n) is 5.77. The molecule has 0 aliphatic rings. The summed E-state index contributed by atoms with van der Waals surface area (Å²) < 4.78 is 0. The molecule has 1 heterocycles. The second kappa shape index (κ2) is 5.85. The average Bonchev–Trinajstić information content (AvgIpc) is 2.41. The van der Waals surface area contributed by atoms with E-state index in [2.05, 4.69) is 17.2 Å². The standard InChI is InChI=1S/C14H15ClN2O/c1-10(12-3-2-6-16-9-12)17-8-11-4-5-14(18)13(15)7-11/h2-7,9-10,17-18H,8H2,1H3. The van der Waals surface area contributed by atoms with Gasteiger partial charge in [-0.3, -0.25) is 4.98 Å². The quantitative estimate of drug-likeness (QED) is 0.889. The maximum atomic E-state index is 9.34. The van der Waals surface area contributed by atoms with Crippen LogP contribution in [0.5, 0.6) is 5.75 Å². The summed E-state index contributed by atoms with van der Waals surface area (Å²) in [5.74, 6) is 0.112. The highest BCUT2D eigenvalue weighted by Gasteiger charge is 2.05. The molecule has 1 aromatic carbocycles. The molecule has 1 atom stereocenters. The molecule has 1 unspecified atom stereocenters. The molecule has 0 fully saturated rings. The average molecular weight is 263 g/mol. The Hall–Kier alpha value is -1.58. The van der Waals surface area contributed by atoms with Crippen molar-refractivity contribution in [3.8, 4) is 5.75 Å². The highest BCUT2D eigenvalue weighted by atomic mass is 35.5. The van der Waals surface area contributed by atoms with Gasteiger partial charge < -0.3 is 10.4 Å². The first-order valence-corrected chi connectivity index (χ1v) is 6.15. The molecule has 0 radical (unpaired) electrons. The third-order valence-electron chi connectivity index (χ3n) is 2.81. The number of phenols is 1. The second-order valence-corrected chi connectivity index (χ2v) is 4.58. The number of nitrogens with zero attached hydrogens (tertiary/aromatic N) is 1. The van der Waals surface area contributed by atoms with E-state index in [0.717, 1.165) is 11.1 Å². The lowest BCUT2D eigenvalue weighted by molar-refractivity contribution is 0.475. The molecule has 3 nitrogen and oxygen atoms in total. The van der Waals surface area contributed by atoms with Crippen molar-refractivity contribution in [3.05, 3.63) is 58.9 Å². The molecule has 94 valence electrons. The van der Waals surface area contributed by atoms with Gasteiger partial charge in [-0.25, -0.2) is 0 Å². The van der Waals surface area contributed by atoms with Gasteiger partial charge in [0.25, 0.3) is 0 Å². The van der Waals surface area contributed by atoms with Crippen LogP contribution in [0, 0.1) is 0 Å². The van der Waals surface area contributed by atoms with Crippen molar-refractivity contribution in [2.24, 2.45) is 0 Å². The topological polar surface area (TPSA) is 45.1 Å². The highest BCUT2D eigenvalue weighted by molar-refractivity contribution is 6.32. The van der Waals surface area contributed by atoms with Gasteiger partial charge in [0.1, 0.15) is 5.75 Å². The van der Waals surface area contributed by atoms with Crippen LogP contribution < -0.4 is 5.32 Å². The molecule has 0 amide bonds. The lowest BCUT2D eigenvalue weighted by Gasteiger charge is -2.14. The fraction of sp³-hybridized carbons (Fsp3) is 0.214. The van der Waals surface area contributed by atoms with Gasteiger partial charge >= 0.3 is 0 Å². The fourth-order valence-corrected chi connectivity index (χ4v) is 1.88. The van der Waals surface area contributed by atoms with Crippen LogP contribution >= 0.6 is 11.6 Å². The molecule has 0 bridgehead atoms. The van der Waals surface area contributed by atoms with Crippen LogP contribution in [0.4, 0.5) is 0 Å². The van der Waals surface area contributed by atoms with Crippen molar-refractivity contribution in [1.82, 2.24) is 10.3 Å². The number of pyridine rings is 1. The van der Waals surface area contributed by atoms with Crippen LogP contribution in [-0.2, 0) is 6.54 Å². The van der Waals surface area contributed by atoms with Crippen LogP contribution in [0.1, 0.15) is 24.1 Å². The molecule has 0 spiro atoms. The fourth-order valence-electron chi connectivity index (χ4n) is 1.68. The lowest BCUT2D eigenvalue weighted by Crippen LogP contribution is -2.18. The molecule has 18 heavy (non-hydrogen) atoms. The normalized spacial score (nSPS) is 12.3. The molecule has 0 aliphatic heterocycles. The summed E-state index contributed by atoms with van der Waals surface area (Å²) in [6.07, 6.45) is 3.61. The van der Waals surface area contributed by atoms with Crippen LogP contribution in [0.3, 0.4) is 0 Å². The SMILES string of the molecule is CC(NCc1ccc(O)c(Cl)c1)c1cccnc1. The summed E-state index contributed by atoms with van der Waals surface area (Å²) in [4.78, 5) is 4.09. The van der Waals surface area contributed by atoms with Crippen molar-refractivity contribution in [2.45, 2.75) is 19.5 Å². The van der Waals surface area contributed by atoms with E-state index in [1.807, 2.05) is 24.4 Å². The highest BCUT2D eigenvalue weighted by Crippen LogP contribution is 2.23. The smallest absolute Gasteiger partial charge is 0.134 e. The maximum absolute atomic E-state index is 9.34. The number of aromatic nitrogens is 1. The Labute approximate surface area is 111 Å². The zero-order valence-corrected chi connectivity index (χ0v) is 10.9. The van der Waals surface area contributed by atoms with Gasteiger partial charge in [-0.1, -0.05) is 23.7 Å². The summed E-state index contributed by atoms with van der Waals surface area (Å²) >= 11 is 5.86. The molecule has 2 aromatic rings. The van der Waals surface area contributed by atoms with Crippen molar-refractivity contribution >= 4 is 11.6 Å². The third kappa shape index (κ3) is 3.22. The van der Waals surface area contributed by atoms with Crippen LogP contribution in [0.2, 0.25) is 5.02 Å². The van der Waals surface area contributed by atoms with Crippen LogP contribution in [0.15, 0.2) is 42.7 Å². The molecule has 0 saturated heterocycles. The van der Waals surface area contributed by atoms with Crippen LogP contribution in [0.25, 0.3) is 0 Å². The monoisotopic (exact) mass is 262 g/mol. The number of nitrogens with one attached hydrogen (secondary N) is 1. The Balaban J connectivity index is 1.97. The molecule has 0 saturated carbocycles. The predicted octanol–water partition coefficient (Wildman–Crippen LogP) is 3.29. The van der Waals surface area contributed by atoms with Crippen LogP contribution in [-0.4, -0.2) is 10.1 Å². The van der Waals surface area contributed by atoms with Gasteiger partial charge in [0.2, 0.25) is 0 Å². The van der Waals surface area contributed by atoms with E-state index < -0.39 is 0 Å². The number of hydrogen-bond donors (Lipinski definition) is 2. The minimum Gasteiger partial charge on any atom is -0.506 e. The minimum atomic E-state index is 0.112. The number of phenolic OH excluding ortho intramolecular Hbond substituents is 1. The zero-order valence-electron chi connectivity index (χ0n) is 10.1. The number of benzene rings is 1. The van der Waals surface area contributed by atoms with Gasteiger partial charge in [0.15, 0.2) is 0 Å². The summed E-state index contributed by atoms with van der Waals surface area (Å²) in [7, 11) is 0. The van der Waals surface area contributed by atoms with Gasteiger partial charge in [-0.15, -0.1) is 0 Å². The van der Waals surface area contributed by atoms with Crippen molar-refractivity contribution < 1.29 is 5.11 Å². The Bertz CT molecular complexity index is 516. The first kappa shape index (κ1) is 12.9. The Morgan fingerprint density at radius 2 is 2.22 bits per heavy atom. The Morgan fingerprint density at radius 3 is 2.89 bits per heavy atom. The molecular formula is C14H15ClN2O. The zero-order chi connectivity index (χ0) is 13.0. The molecule has 0 aliphatic carbocycles. The van der Waals surface area contributed by atoms with Crippen molar-refractivity contribution in [2.75, 3.05) is 0 Å². The number of aromatic hydroxyl groups is 1. The molecule has 1 aromatic heterocycles. The van der Waals surface area contributed by atoms with E-state index in [0.29, 0.717) is 11.6 Å². The second-order valence-electron chi connectivity index (χ2n) is 4.17. The van der Waals surface area contributed by atoms with E-state index >= 15 is 0 Å². The molecular weight excluding hydrogens is 248 g/mol. The van der Waals surface area contributed by atoms with E-state index in [-0.39, 0.29) is 11.8 Å². The summed E-state index contributed by atoms with van der Waals surface area (Å²) in [6, 6.07) is 9.39. The van der Waals surface area contributed by atoms with Gasteiger partial charge in [0.05, 0.1) is 5.02 Å².